The van der Waals surface area contributed by atoms with E-state index >= 15 is 0 Å². The molecule has 2 heterocycles. The van der Waals surface area contributed by atoms with Crippen molar-refractivity contribution in [3.63, 3.8) is 0 Å². The third-order valence-electron chi connectivity index (χ3n) is 3.98. The van der Waals surface area contributed by atoms with E-state index in [9.17, 15) is 9.18 Å². The first-order valence-electron chi connectivity index (χ1n) is 8.27. The number of thioether (sulfide) groups is 1. The minimum Gasteiger partial charge on any atom is -0.323 e. The average Bonchev–Trinajstić information content (AvgIpc) is 3.13. The highest BCUT2D eigenvalue weighted by Gasteiger charge is 2.15. The topological polar surface area (TPSA) is 54.9 Å². The summed E-state index contributed by atoms with van der Waals surface area (Å²) < 4.78 is 14.7. The van der Waals surface area contributed by atoms with Gasteiger partial charge in [-0.1, -0.05) is 52.0 Å². The zero-order chi connectivity index (χ0) is 19.5. The standard InChI is InChI=1S/C20H13BrFN3OS2/c21-13-7-5-12(6-8-13)14-9-27-19-18(14)20(24-11-23-19)28-10-17(26)25-16-4-2-1-3-15(16)22/h1-9,11H,10H2,(H,25,26). The number of nitrogens with zero attached hydrogens (tertiary/aromatic N) is 2. The van der Waals surface area contributed by atoms with Gasteiger partial charge in [0.2, 0.25) is 5.91 Å². The van der Waals surface area contributed by atoms with E-state index in [1.165, 1.54) is 41.6 Å². The summed E-state index contributed by atoms with van der Waals surface area (Å²) in [6, 6.07) is 14.1. The maximum atomic E-state index is 13.7. The summed E-state index contributed by atoms with van der Waals surface area (Å²) in [6.45, 7) is 0. The van der Waals surface area contributed by atoms with Crippen molar-refractivity contribution in [3.8, 4) is 11.1 Å². The van der Waals surface area contributed by atoms with Gasteiger partial charge in [0.1, 0.15) is 22.0 Å². The minimum absolute atomic E-state index is 0.121. The molecule has 2 aromatic carbocycles. The fraction of sp³-hybridized carbons (Fsp3) is 0.0500. The van der Waals surface area contributed by atoms with E-state index in [0.717, 1.165) is 30.8 Å². The zero-order valence-electron chi connectivity index (χ0n) is 14.4. The van der Waals surface area contributed by atoms with Crippen molar-refractivity contribution >= 4 is 60.8 Å². The number of benzene rings is 2. The number of thiophene rings is 1. The summed E-state index contributed by atoms with van der Waals surface area (Å²) in [5.41, 5.74) is 2.26. The van der Waals surface area contributed by atoms with Gasteiger partial charge in [-0.15, -0.1) is 11.3 Å². The normalized spacial score (nSPS) is 10.9. The lowest BCUT2D eigenvalue weighted by Gasteiger charge is -2.07. The number of hydrogen-bond acceptors (Lipinski definition) is 5. The SMILES string of the molecule is O=C(CSc1ncnc2scc(-c3ccc(Br)cc3)c12)Nc1ccccc1F. The van der Waals surface area contributed by atoms with Crippen molar-refractivity contribution in [1.29, 1.82) is 0 Å². The van der Waals surface area contributed by atoms with Gasteiger partial charge in [-0.05, 0) is 29.8 Å². The molecule has 4 aromatic rings. The maximum absolute atomic E-state index is 13.7. The largest absolute Gasteiger partial charge is 0.323 e. The van der Waals surface area contributed by atoms with Gasteiger partial charge < -0.3 is 5.32 Å². The Bertz CT molecular complexity index is 1150. The lowest BCUT2D eigenvalue weighted by molar-refractivity contribution is -0.113. The summed E-state index contributed by atoms with van der Waals surface area (Å²) in [7, 11) is 0. The van der Waals surface area contributed by atoms with Gasteiger partial charge >= 0.3 is 0 Å². The first-order chi connectivity index (χ1) is 13.6. The van der Waals surface area contributed by atoms with Gasteiger partial charge in [0.05, 0.1) is 16.8 Å². The highest BCUT2D eigenvalue weighted by Crippen LogP contribution is 2.38. The molecule has 0 saturated heterocycles. The summed E-state index contributed by atoms with van der Waals surface area (Å²) in [4.78, 5) is 21.8. The van der Waals surface area contributed by atoms with Gasteiger partial charge in [0, 0.05) is 15.4 Å². The van der Waals surface area contributed by atoms with Gasteiger partial charge in [0.15, 0.2) is 0 Å². The number of hydrogen-bond donors (Lipinski definition) is 1. The molecule has 0 radical (unpaired) electrons. The number of aromatic nitrogens is 2. The molecule has 0 fully saturated rings. The number of nitrogens with one attached hydrogen (secondary N) is 1. The fourth-order valence-corrected chi connectivity index (χ4v) is 4.74. The number of amides is 1. The molecule has 1 N–H and O–H groups in total. The number of para-hydroxylation sites is 1. The maximum Gasteiger partial charge on any atom is 0.234 e. The number of carbonyl (C=O) groups excluding carboxylic acids is 1. The van der Waals surface area contributed by atoms with Crippen LogP contribution in [0.25, 0.3) is 21.3 Å². The van der Waals surface area contributed by atoms with Crippen LogP contribution in [0.2, 0.25) is 0 Å². The Kier molecular flexibility index (Phi) is 5.70. The molecule has 0 saturated carbocycles. The van der Waals surface area contributed by atoms with Crippen LogP contribution in [0.3, 0.4) is 0 Å². The number of halogens is 2. The third-order valence-corrected chi connectivity index (χ3v) is 6.38. The Morgan fingerprint density at radius 3 is 2.71 bits per heavy atom. The van der Waals surface area contributed by atoms with E-state index in [1.54, 1.807) is 12.1 Å². The Labute approximate surface area is 177 Å². The lowest BCUT2D eigenvalue weighted by Crippen LogP contribution is -2.15. The van der Waals surface area contributed by atoms with E-state index in [0.29, 0.717) is 0 Å². The Balaban J connectivity index is 1.57. The Hall–Kier alpha value is -2.29. The number of fused-ring (bicyclic) bond motifs is 1. The molecule has 4 nitrogen and oxygen atoms in total. The van der Waals surface area contributed by atoms with Crippen LogP contribution in [0, 0.1) is 5.82 Å². The molecule has 0 aliphatic carbocycles. The first kappa shape index (κ1) is 19.0. The van der Waals surface area contributed by atoms with Crippen molar-refractivity contribution < 1.29 is 9.18 Å². The summed E-state index contributed by atoms with van der Waals surface area (Å²) in [5, 5.41) is 6.30. The number of anilines is 1. The van der Waals surface area contributed by atoms with Crippen LogP contribution in [0.15, 0.2) is 69.7 Å². The Morgan fingerprint density at radius 2 is 1.93 bits per heavy atom. The molecule has 140 valence electrons. The second kappa shape index (κ2) is 8.38. The van der Waals surface area contributed by atoms with Crippen LogP contribution in [0.5, 0.6) is 0 Å². The van der Waals surface area contributed by atoms with E-state index in [2.05, 4.69) is 31.2 Å². The van der Waals surface area contributed by atoms with Crippen LogP contribution in [-0.4, -0.2) is 21.6 Å². The van der Waals surface area contributed by atoms with Gasteiger partial charge in [-0.25, -0.2) is 14.4 Å². The molecular weight excluding hydrogens is 461 g/mol. The lowest BCUT2D eigenvalue weighted by atomic mass is 10.1. The molecule has 0 atom stereocenters. The molecule has 0 spiro atoms. The quantitative estimate of drug-likeness (QED) is 0.285. The van der Waals surface area contributed by atoms with Crippen molar-refractivity contribution in [2.24, 2.45) is 0 Å². The molecule has 0 bridgehead atoms. The smallest absolute Gasteiger partial charge is 0.234 e. The summed E-state index contributed by atoms with van der Waals surface area (Å²) in [5.74, 6) is -0.626. The molecule has 2 aromatic heterocycles. The highest BCUT2D eigenvalue weighted by atomic mass is 79.9. The van der Waals surface area contributed by atoms with Crippen molar-refractivity contribution in [2.45, 2.75) is 5.03 Å². The van der Waals surface area contributed by atoms with Crippen LogP contribution in [-0.2, 0) is 4.79 Å². The molecule has 0 aliphatic heterocycles. The molecular formula is C20H13BrFN3OS2. The second-order valence-corrected chi connectivity index (χ2v) is 8.57. The predicted octanol–water partition coefficient (Wildman–Crippen LogP) is 5.99. The number of rotatable bonds is 5. The number of carbonyl (C=O) groups is 1. The first-order valence-corrected chi connectivity index (χ1v) is 10.9. The third kappa shape index (κ3) is 4.09. The van der Waals surface area contributed by atoms with Crippen LogP contribution in [0.1, 0.15) is 0 Å². The summed E-state index contributed by atoms with van der Waals surface area (Å²) in [6.07, 6.45) is 1.50. The minimum atomic E-state index is -0.458. The molecule has 0 aliphatic rings. The van der Waals surface area contributed by atoms with E-state index in [1.807, 2.05) is 29.6 Å². The van der Waals surface area contributed by atoms with Crippen LogP contribution >= 0.6 is 39.0 Å². The van der Waals surface area contributed by atoms with E-state index in [4.69, 9.17) is 0 Å². The average molecular weight is 474 g/mol. The molecule has 28 heavy (non-hydrogen) atoms. The van der Waals surface area contributed by atoms with Gasteiger partial charge in [0.25, 0.3) is 0 Å². The zero-order valence-corrected chi connectivity index (χ0v) is 17.6. The molecule has 8 heteroatoms. The monoisotopic (exact) mass is 473 g/mol. The van der Waals surface area contributed by atoms with Crippen LogP contribution < -0.4 is 5.32 Å². The molecule has 1 amide bonds. The van der Waals surface area contributed by atoms with Gasteiger partial charge in [-0.3, -0.25) is 4.79 Å². The highest BCUT2D eigenvalue weighted by molar-refractivity contribution is 9.10. The second-order valence-electron chi connectivity index (χ2n) is 5.83. The van der Waals surface area contributed by atoms with E-state index < -0.39 is 5.82 Å². The summed E-state index contributed by atoms with van der Waals surface area (Å²) >= 11 is 6.30. The van der Waals surface area contributed by atoms with Crippen LogP contribution in [0.4, 0.5) is 10.1 Å². The van der Waals surface area contributed by atoms with Gasteiger partial charge in [-0.2, -0.15) is 0 Å². The molecule has 4 rings (SSSR count). The van der Waals surface area contributed by atoms with Crippen molar-refractivity contribution in [3.05, 3.63) is 70.5 Å². The van der Waals surface area contributed by atoms with E-state index in [-0.39, 0.29) is 17.3 Å². The van der Waals surface area contributed by atoms with Crippen molar-refractivity contribution in [1.82, 2.24) is 9.97 Å². The fourth-order valence-electron chi connectivity index (χ4n) is 2.68. The van der Waals surface area contributed by atoms with Crippen molar-refractivity contribution in [2.75, 3.05) is 11.1 Å². The Morgan fingerprint density at radius 1 is 1.14 bits per heavy atom. The predicted molar refractivity (Wildman–Crippen MR) is 116 cm³/mol. The molecule has 0 unspecified atom stereocenters.